The first-order valence-electron chi connectivity index (χ1n) is 5.52. The van der Waals surface area contributed by atoms with Crippen LogP contribution >= 0.6 is 0 Å². The lowest BCUT2D eigenvalue weighted by Crippen LogP contribution is -2.43. The van der Waals surface area contributed by atoms with E-state index < -0.39 is 0 Å². The molecular weight excluding hydrogens is 176 g/mol. The minimum atomic E-state index is 0.435. The van der Waals surface area contributed by atoms with Crippen LogP contribution in [0.3, 0.4) is 0 Å². The molecule has 3 nitrogen and oxygen atoms in total. The summed E-state index contributed by atoms with van der Waals surface area (Å²) in [6.45, 7) is 6.34. The van der Waals surface area contributed by atoms with Crippen LogP contribution in [0, 0.1) is 0 Å². The zero-order chi connectivity index (χ0) is 11.0. The zero-order valence-corrected chi connectivity index (χ0v) is 10.3. The normalized spacial score (nSPS) is 15.9. The molecule has 0 aliphatic heterocycles. The molecule has 0 aromatic rings. The quantitative estimate of drug-likeness (QED) is 0.643. The molecule has 0 aliphatic carbocycles. The van der Waals surface area contributed by atoms with Gasteiger partial charge < -0.3 is 15.0 Å². The second-order valence-corrected chi connectivity index (χ2v) is 4.02. The topological polar surface area (TPSA) is 24.5 Å². The molecule has 0 spiro atoms. The molecule has 0 aromatic heterocycles. The number of hydrogen-bond acceptors (Lipinski definition) is 3. The van der Waals surface area contributed by atoms with Crippen LogP contribution in [0.1, 0.15) is 26.7 Å². The van der Waals surface area contributed by atoms with E-state index in [4.69, 9.17) is 4.74 Å². The highest BCUT2D eigenvalue weighted by molar-refractivity contribution is 4.71. The van der Waals surface area contributed by atoms with E-state index >= 15 is 0 Å². The van der Waals surface area contributed by atoms with Crippen molar-refractivity contribution in [2.24, 2.45) is 0 Å². The van der Waals surface area contributed by atoms with Gasteiger partial charge in [-0.1, -0.05) is 13.3 Å². The first kappa shape index (κ1) is 13.9. The summed E-state index contributed by atoms with van der Waals surface area (Å²) in [5.41, 5.74) is 0. The van der Waals surface area contributed by atoms with Crippen molar-refractivity contribution in [3.63, 3.8) is 0 Å². The van der Waals surface area contributed by atoms with Gasteiger partial charge in [0, 0.05) is 25.7 Å². The van der Waals surface area contributed by atoms with Gasteiger partial charge in [-0.25, -0.2) is 0 Å². The molecule has 2 unspecified atom stereocenters. The van der Waals surface area contributed by atoms with E-state index in [0.29, 0.717) is 12.1 Å². The van der Waals surface area contributed by atoms with Crippen LogP contribution < -0.4 is 5.32 Å². The average molecular weight is 202 g/mol. The van der Waals surface area contributed by atoms with Crippen LogP contribution in [-0.2, 0) is 4.74 Å². The second-order valence-electron chi connectivity index (χ2n) is 4.02. The summed E-state index contributed by atoms with van der Waals surface area (Å²) in [5.74, 6) is 0. The van der Waals surface area contributed by atoms with Gasteiger partial charge in [-0.3, -0.25) is 0 Å². The van der Waals surface area contributed by atoms with Crippen LogP contribution in [0.4, 0.5) is 0 Å². The molecule has 3 heteroatoms. The number of ether oxygens (including phenoxy) is 1. The van der Waals surface area contributed by atoms with Gasteiger partial charge in [0.25, 0.3) is 0 Å². The Kier molecular flexibility index (Phi) is 8.14. The number of likely N-dealkylation sites (N-methyl/N-ethyl adjacent to an activating group) is 2. The van der Waals surface area contributed by atoms with Gasteiger partial charge in [-0.15, -0.1) is 0 Å². The first-order valence-corrected chi connectivity index (χ1v) is 5.52. The van der Waals surface area contributed by atoms with Gasteiger partial charge in [-0.05, 0) is 27.4 Å². The fourth-order valence-electron chi connectivity index (χ4n) is 1.59. The molecule has 0 saturated heterocycles. The van der Waals surface area contributed by atoms with Crippen LogP contribution in [0.2, 0.25) is 0 Å². The lowest BCUT2D eigenvalue weighted by molar-refractivity contribution is 0.136. The standard InChI is InChI=1S/C11H26N2O/c1-6-7-10(2)13(4)8-11(12-3)9-14-5/h10-12H,6-9H2,1-5H3. The molecule has 0 fully saturated rings. The minimum Gasteiger partial charge on any atom is -0.383 e. The molecule has 14 heavy (non-hydrogen) atoms. The highest BCUT2D eigenvalue weighted by Gasteiger charge is 2.13. The number of methoxy groups -OCH3 is 1. The van der Waals surface area contributed by atoms with Gasteiger partial charge in [0.2, 0.25) is 0 Å². The van der Waals surface area contributed by atoms with Crippen LogP contribution in [-0.4, -0.2) is 51.3 Å². The lowest BCUT2D eigenvalue weighted by Gasteiger charge is -2.28. The lowest BCUT2D eigenvalue weighted by atomic mass is 10.1. The van der Waals surface area contributed by atoms with E-state index in [-0.39, 0.29) is 0 Å². The van der Waals surface area contributed by atoms with Crippen LogP contribution in [0.5, 0.6) is 0 Å². The maximum absolute atomic E-state index is 5.15. The molecule has 0 saturated carbocycles. The SMILES string of the molecule is CCCC(C)N(C)CC(COC)NC. The minimum absolute atomic E-state index is 0.435. The molecule has 0 aromatic carbocycles. The molecule has 1 N–H and O–H groups in total. The van der Waals surface area contributed by atoms with Crippen molar-refractivity contribution in [3.05, 3.63) is 0 Å². The third-order valence-corrected chi connectivity index (χ3v) is 2.74. The Bertz CT molecular complexity index is 130. The summed E-state index contributed by atoms with van der Waals surface area (Å²) in [7, 11) is 5.92. The van der Waals surface area contributed by atoms with Gasteiger partial charge in [0.15, 0.2) is 0 Å². The summed E-state index contributed by atoms with van der Waals surface area (Å²) in [4.78, 5) is 2.39. The number of nitrogens with one attached hydrogen (secondary N) is 1. The van der Waals surface area contributed by atoms with Crippen molar-refractivity contribution in [2.75, 3.05) is 34.4 Å². The molecule has 0 radical (unpaired) electrons. The molecule has 0 rings (SSSR count). The Hall–Kier alpha value is -0.120. The monoisotopic (exact) mass is 202 g/mol. The van der Waals surface area contributed by atoms with Crippen molar-refractivity contribution in [1.29, 1.82) is 0 Å². The number of rotatable bonds is 8. The van der Waals surface area contributed by atoms with E-state index in [1.54, 1.807) is 7.11 Å². The van der Waals surface area contributed by atoms with Gasteiger partial charge in [0.05, 0.1) is 6.61 Å². The fraction of sp³-hybridized carbons (Fsp3) is 1.00. The Balaban J connectivity index is 3.81. The third-order valence-electron chi connectivity index (χ3n) is 2.74. The second kappa shape index (κ2) is 8.21. The Morgan fingerprint density at radius 3 is 2.50 bits per heavy atom. The average Bonchev–Trinajstić information content (AvgIpc) is 2.17. The highest BCUT2D eigenvalue weighted by Crippen LogP contribution is 2.04. The number of nitrogens with zero attached hydrogens (tertiary/aromatic N) is 1. The summed E-state index contributed by atoms with van der Waals surface area (Å²) in [5, 5.41) is 3.26. The maximum atomic E-state index is 5.15. The maximum Gasteiger partial charge on any atom is 0.0628 e. The van der Waals surface area contributed by atoms with E-state index in [0.717, 1.165) is 13.2 Å². The van der Waals surface area contributed by atoms with Crippen LogP contribution in [0.25, 0.3) is 0 Å². The van der Waals surface area contributed by atoms with Gasteiger partial charge in [0.1, 0.15) is 0 Å². The molecular formula is C11H26N2O. The van der Waals surface area contributed by atoms with E-state index in [9.17, 15) is 0 Å². The Morgan fingerprint density at radius 1 is 1.43 bits per heavy atom. The molecule has 0 bridgehead atoms. The zero-order valence-electron chi connectivity index (χ0n) is 10.3. The van der Waals surface area contributed by atoms with E-state index in [1.807, 2.05) is 7.05 Å². The highest BCUT2D eigenvalue weighted by atomic mass is 16.5. The molecule has 86 valence electrons. The fourth-order valence-corrected chi connectivity index (χ4v) is 1.59. The van der Waals surface area contributed by atoms with Crippen molar-refractivity contribution >= 4 is 0 Å². The Labute approximate surface area is 88.8 Å². The van der Waals surface area contributed by atoms with Crippen molar-refractivity contribution in [2.45, 2.75) is 38.8 Å². The summed E-state index contributed by atoms with van der Waals surface area (Å²) in [6.07, 6.45) is 2.51. The van der Waals surface area contributed by atoms with E-state index in [1.165, 1.54) is 12.8 Å². The first-order chi connectivity index (χ1) is 6.65. The predicted molar refractivity (Wildman–Crippen MR) is 61.7 cm³/mol. The number of hydrogen-bond donors (Lipinski definition) is 1. The van der Waals surface area contributed by atoms with Crippen LogP contribution in [0.15, 0.2) is 0 Å². The van der Waals surface area contributed by atoms with Gasteiger partial charge >= 0.3 is 0 Å². The molecule has 0 aliphatic rings. The smallest absolute Gasteiger partial charge is 0.0628 e. The molecule has 0 heterocycles. The predicted octanol–water partition coefficient (Wildman–Crippen LogP) is 1.34. The van der Waals surface area contributed by atoms with E-state index in [2.05, 4.69) is 31.1 Å². The van der Waals surface area contributed by atoms with Crippen molar-refractivity contribution < 1.29 is 4.74 Å². The van der Waals surface area contributed by atoms with Crippen molar-refractivity contribution in [1.82, 2.24) is 10.2 Å². The summed E-state index contributed by atoms with van der Waals surface area (Å²) < 4.78 is 5.15. The van der Waals surface area contributed by atoms with Gasteiger partial charge in [-0.2, -0.15) is 0 Å². The molecule has 2 atom stereocenters. The van der Waals surface area contributed by atoms with Crippen molar-refractivity contribution in [3.8, 4) is 0 Å². The third kappa shape index (κ3) is 5.58. The molecule has 0 amide bonds. The Morgan fingerprint density at radius 2 is 2.07 bits per heavy atom. The summed E-state index contributed by atoms with van der Waals surface area (Å²) in [6, 6.07) is 1.09. The summed E-state index contributed by atoms with van der Waals surface area (Å²) >= 11 is 0. The largest absolute Gasteiger partial charge is 0.383 e.